The normalized spacial score (nSPS) is 9.85. The van der Waals surface area contributed by atoms with Gasteiger partial charge in [-0.25, -0.2) is 9.59 Å². The van der Waals surface area contributed by atoms with E-state index in [0.29, 0.717) is 11.3 Å². The van der Waals surface area contributed by atoms with Crippen molar-refractivity contribution in [2.75, 3.05) is 12.4 Å². The Morgan fingerprint density at radius 3 is 2.95 bits per heavy atom. The number of nitrogens with one attached hydrogen (secondary N) is 2. The van der Waals surface area contributed by atoms with Crippen molar-refractivity contribution in [1.82, 2.24) is 10.3 Å². The minimum Gasteiger partial charge on any atom is -0.465 e. The first kappa shape index (κ1) is 14.0. The van der Waals surface area contributed by atoms with Gasteiger partial charge >= 0.3 is 12.0 Å². The maximum absolute atomic E-state index is 11.6. The Hall–Kier alpha value is -2.41. The van der Waals surface area contributed by atoms with Crippen molar-refractivity contribution in [1.29, 1.82) is 0 Å². The lowest BCUT2D eigenvalue weighted by atomic mass is 10.2. The van der Waals surface area contributed by atoms with Gasteiger partial charge < -0.3 is 10.1 Å². The third-order valence-corrected chi connectivity index (χ3v) is 3.21. The molecule has 0 spiro atoms. The predicted octanol–water partition coefficient (Wildman–Crippen LogP) is 2.25. The van der Waals surface area contributed by atoms with Crippen LogP contribution in [0.15, 0.2) is 35.8 Å². The molecule has 2 heterocycles. The molecule has 0 bridgehead atoms. The highest BCUT2D eigenvalue weighted by Gasteiger charge is 2.07. The summed E-state index contributed by atoms with van der Waals surface area (Å²) >= 11 is 1.43. The Balaban J connectivity index is 1.90. The fourth-order valence-electron chi connectivity index (χ4n) is 1.50. The fourth-order valence-corrected chi connectivity index (χ4v) is 2.11. The summed E-state index contributed by atoms with van der Waals surface area (Å²) in [6, 6.07) is 6.47. The quantitative estimate of drug-likeness (QED) is 0.847. The maximum Gasteiger partial charge on any atom is 0.337 e. The summed E-state index contributed by atoms with van der Waals surface area (Å²) in [6.07, 6.45) is 1.50. The molecule has 2 aromatic rings. The number of anilines is 1. The van der Waals surface area contributed by atoms with E-state index in [1.165, 1.54) is 24.6 Å². The summed E-state index contributed by atoms with van der Waals surface area (Å²) in [5, 5.41) is 7.99. The van der Waals surface area contributed by atoms with Gasteiger partial charge in [-0.05, 0) is 29.6 Å². The lowest BCUT2D eigenvalue weighted by Crippen LogP contribution is -2.28. The Morgan fingerprint density at radius 2 is 2.25 bits per heavy atom. The number of hydrogen-bond donors (Lipinski definition) is 2. The number of aromatic nitrogens is 1. The smallest absolute Gasteiger partial charge is 0.337 e. The zero-order valence-corrected chi connectivity index (χ0v) is 11.6. The molecule has 7 heteroatoms. The molecule has 0 aliphatic rings. The van der Waals surface area contributed by atoms with Crippen LogP contribution >= 0.6 is 11.3 Å². The van der Waals surface area contributed by atoms with Crippen LogP contribution in [-0.2, 0) is 11.3 Å². The van der Waals surface area contributed by atoms with Gasteiger partial charge in [0.25, 0.3) is 0 Å². The molecule has 0 radical (unpaired) electrons. The van der Waals surface area contributed by atoms with E-state index in [-0.39, 0.29) is 12.6 Å². The van der Waals surface area contributed by atoms with Gasteiger partial charge in [-0.15, -0.1) is 11.3 Å². The number of methoxy groups -OCH3 is 1. The van der Waals surface area contributed by atoms with Crippen LogP contribution in [0.3, 0.4) is 0 Å². The monoisotopic (exact) mass is 291 g/mol. The van der Waals surface area contributed by atoms with E-state index >= 15 is 0 Å². The third-order valence-electron chi connectivity index (χ3n) is 2.43. The van der Waals surface area contributed by atoms with Gasteiger partial charge in [0.1, 0.15) is 0 Å². The van der Waals surface area contributed by atoms with Crippen molar-refractivity contribution < 1.29 is 14.3 Å². The van der Waals surface area contributed by atoms with Crippen molar-refractivity contribution in [3.8, 4) is 0 Å². The zero-order chi connectivity index (χ0) is 14.4. The number of urea groups is 1. The summed E-state index contributed by atoms with van der Waals surface area (Å²) in [7, 11) is 1.31. The number of ether oxygens (including phenoxy) is 1. The number of amides is 2. The topological polar surface area (TPSA) is 80.3 Å². The maximum atomic E-state index is 11.6. The number of rotatable bonds is 4. The number of hydrogen-bond acceptors (Lipinski definition) is 5. The number of thiophene rings is 1. The molecular formula is C13H13N3O3S. The summed E-state index contributed by atoms with van der Waals surface area (Å²) in [5.74, 6) is -0.434. The molecule has 20 heavy (non-hydrogen) atoms. The van der Waals surface area contributed by atoms with E-state index in [4.69, 9.17) is 0 Å². The van der Waals surface area contributed by atoms with Crippen molar-refractivity contribution in [2.24, 2.45) is 0 Å². The number of nitrogens with zero attached hydrogens (tertiary/aromatic N) is 1. The highest BCUT2D eigenvalue weighted by Crippen LogP contribution is 2.14. The molecule has 0 saturated carbocycles. The second kappa shape index (κ2) is 6.67. The van der Waals surface area contributed by atoms with E-state index in [2.05, 4.69) is 20.4 Å². The predicted molar refractivity (Wildman–Crippen MR) is 75.8 cm³/mol. The molecule has 2 aromatic heterocycles. The van der Waals surface area contributed by atoms with Gasteiger partial charge in [-0.1, -0.05) is 0 Å². The Bertz CT molecular complexity index is 599. The Kier molecular flexibility index (Phi) is 4.67. The molecule has 2 rings (SSSR count). The van der Waals surface area contributed by atoms with Gasteiger partial charge in [-0.2, -0.15) is 0 Å². The molecule has 6 nitrogen and oxygen atoms in total. The van der Waals surface area contributed by atoms with E-state index in [1.807, 2.05) is 11.4 Å². The lowest BCUT2D eigenvalue weighted by molar-refractivity contribution is 0.0600. The van der Waals surface area contributed by atoms with E-state index in [0.717, 1.165) is 5.00 Å². The Labute approximate surface area is 119 Å². The SMILES string of the molecule is COC(=O)c1ccnc(CNC(=O)Nc2cccs2)c1. The summed E-state index contributed by atoms with van der Waals surface area (Å²) in [6.45, 7) is 0.224. The fraction of sp³-hybridized carbons (Fsp3) is 0.154. The number of carbonyl (C=O) groups excluding carboxylic acids is 2. The molecule has 0 atom stereocenters. The molecule has 0 unspecified atom stereocenters. The van der Waals surface area contributed by atoms with Crippen molar-refractivity contribution >= 4 is 28.3 Å². The van der Waals surface area contributed by atoms with Gasteiger partial charge in [0.05, 0.1) is 29.9 Å². The van der Waals surface area contributed by atoms with Crippen LogP contribution < -0.4 is 10.6 Å². The first-order chi connectivity index (χ1) is 9.69. The largest absolute Gasteiger partial charge is 0.465 e. The summed E-state index contributed by atoms with van der Waals surface area (Å²) in [4.78, 5) is 27.1. The van der Waals surface area contributed by atoms with Crippen molar-refractivity contribution in [3.05, 3.63) is 47.1 Å². The standard InChI is InChI=1S/C13H13N3O3S/c1-19-12(17)9-4-5-14-10(7-9)8-15-13(18)16-11-3-2-6-20-11/h2-7H,8H2,1H3,(H2,15,16,18). The number of esters is 1. The minimum atomic E-state index is -0.434. The van der Waals surface area contributed by atoms with Crippen LogP contribution in [0.1, 0.15) is 16.1 Å². The molecule has 0 aliphatic carbocycles. The van der Waals surface area contributed by atoms with Gasteiger partial charge in [0, 0.05) is 6.20 Å². The van der Waals surface area contributed by atoms with Gasteiger partial charge in [0.15, 0.2) is 0 Å². The molecule has 0 saturated heterocycles. The van der Waals surface area contributed by atoms with Crippen LogP contribution in [0.4, 0.5) is 9.80 Å². The highest BCUT2D eigenvalue weighted by molar-refractivity contribution is 7.14. The van der Waals surface area contributed by atoms with E-state index in [9.17, 15) is 9.59 Å². The molecule has 0 aromatic carbocycles. The van der Waals surface area contributed by atoms with Crippen LogP contribution in [0, 0.1) is 0 Å². The molecule has 2 amide bonds. The first-order valence-electron chi connectivity index (χ1n) is 5.80. The summed E-state index contributed by atoms with van der Waals surface area (Å²) < 4.78 is 4.62. The van der Waals surface area contributed by atoms with Crippen molar-refractivity contribution in [2.45, 2.75) is 6.54 Å². The Morgan fingerprint density at radius 1 is 1.40 bits per heavy atom. The molecule has 104 valence electrons. The minimum absolute atomic E-state index is 0.224. The lowest BCUT2D eigenvalue weighted by Gasteiger charge is -2.06. The number of pyridine rings is 1. The third kappa shape index (κ3) is 3.79. The van der Waals surface area contributed by atoms with Crippen molar-refractivity contribution in [3.63, 3.8) is 0 Å². The molecule has 0 aliphatic heterocycles. The second-order valence-corrected chi connectivity index (χ2v) is 4.76. The average Bonchev–Trinajstić information content (AvgIpc) is 2.97. The average molecular weight is 291 g/mol. The molecule has 0 fully saturated rings. The molecular weight excluding hydrogens is 278 g/mol. The zero-order valence-electron chi connectivity index (χ0n) is 10.8. The molecule has 2 N–H and O–H groups in total. The van der Waals surface area contributed by atoms with Gasteiger partial charge in [-0.3, -0.25) is 10.3 Å². The second-order valence-electron chi connectivity index (χ2n) is 3.81. The van der Waals surface area contributed by atoms with Gasteiger partial charge in [0.2, 0.25) is 0 Å². The highest BCUT2D eigenvalue weighted by atomic mass is 32.1. The van der Waals surface area contributed by atoms with Crippen LogP contribution in [0.2, 0.25) is 0 Å². The first-order valence-corrected chi connectivity index (χ1v) is 6.68. The van der Waals surface area contributed by atoms with E-state index in [1.54, 1.807) is 18.2 Å². The number of carbonyl (C=O) groups is 2. The van der Waals surface area contributed by atoms with Crippen LogP contribution in [0.5, 0.6) is 0 Å². The van der Waals surface area contributed by atoms with Crippen LogP contribution in [0.25, 0.3) is 0 Å². The van der Waals surface area contributed by atoms with Crippen LogP contribution in [-0.4, -0.2) is 24.1 Å². The van der Waals surface area contributed by atoms with E-state index < -0.39 is 5.97 Å². The summed E-state index contributed by atoms with van der Waals surface area (Å²) in [5.41, 5.74) is 0.979.